The summed E-state index contributed by atoms with van der Waals surface area (Å²) in [6.45, 7) is 0.347. The monoisotopic (exact) mass is 428 g/mol. The van der Waals surface area contributed by atoms with Crippen molar-refractivity contribution in [1.29, 1.82) is 0 Å². The number of carbonyl (C=O) groups is 1. The molecule has 8 heteroatoms. The van der Waals surface area contributed by atoms with Crippen LogP contribution >= 0.6 is 0 Å². The number of rotatable bonds is 6. The lowest BCUT2D eigenvalue weighted by Gasteiger charge is -2.14. The fourth-order valence-electron chi connectivity index (χ4n) is 3.52. The van der Waals surface area contributed by atoms with Crippen molar-refractivity contribution in [3.05, 3.63) is 77.1 Å². The van der Waals surface area contributed by atoms with Gasteiger partial charge in [0, 0.05) is 32.2 Å². The van der Waals surface area contributed by atoms with Gasteiger partial charge in [0.15, 0.2) is 0 Å². The van der Waals surface area contributed by atoms with Crippen LogP contribution in [0.2, 0.25) is 0 Å². The Morgan fingerprint density at radius 1 is 1.16 bits per heavy atom. The number of anilines is 1. The lowest BCUT2D eigenvalue weighted by atomic mass is 10.1. The number of amides is 1. The Hall–Kier alpha value is -3.29. The van der Waals surface area contributed by atoms with Crippen LogP contribution in [-0.4, -0.2) is 29.8 Å². The Kier molecular flexibility index (Phi) is 5.47. The number of aromatic nitrogens is 2. The Morgan fingerprint density at radius 2 is 1.90 bits per heavy atom. The SMILES string of the molecule is CN(C)c1cccc(CNC(=O)c2cnn(-c3cccc(C(F)(F)F)c3)c2C2CC2)c1. The molecule has 1 heterocycles. The maximum absolute atomic E-state index is 13.1. The molecule has 1 N–H and O–H groups in total. The molecular weight excluding hydrogens is 405 g/mol. The van der Waals surface area contributed by atoms with E-state index in [1.807, 2.05) is 43.3 Å². The van der Waals surface area contributed by atoms with Gasteiger partial charge in [0.25, 0.3) is 5.91 Å². The lowest BCUT2D eigenvalue weighted by Crippen LogP contribution is -2.24. The van der Waals surface area contributed by atoms with Crippen molar-refractivity contribution in [1.82, 2.24) is 15.1 Å². The van der Waals surface area contributed by atoms with E-state index >= 15 is 0 Å². The van der Waals surface area contributed by atoms with Gasteiger partial charge in [-0.15, -0.1) is 0 Å². The molecule has 0 spiro atoms. The smallest absolute Gasteiger partial charge is 0.378 e. The van der Waals surface area contributed by atoms with Gasteiger partial charge < -0.3 is 10.2 Å². The molecule has 1 aliphatic carbocycles. The summed E-state index contributed by atoms with van der Waals surface area (Å²) in [5.41, 5.74) is 2.62. The zero-order chi connectivity index (χ0) is 22.2. The zero-order valence-corrected chi connectivity index (χ0v) is 17.3. The number of hydrogen-bond acceptors (Lipinski definition) is 3. The average Bonchev–Trinajstić information content (AvgIpc) is 3.49. The maximum Gasteiger partial charge on any atom is 0.416 e. The van der Waals surface area contributed by atoms with Gasteiger partial charge in [-0.05, 0) is 48.7 Å². The van der Waals surface area contributed by atoms with Gasteiger partial charge in [-0.1, -0.05) is 18.2 Å². The molecule has 0 unspecified atom stereocenters. The molecule has 1 aromatic heterocycles. The summed E-state index contributed by atoms with van der Waals surface area (Å²) in [6.07, 6.45) is -1.23. The Morgan fingerprint density at radius 3 is 2.58 bits per heavy atom. The minimum absolute atomic E-state index is 0.120. The predicted molar refractivity (Wildman–Crippen MR) is 112 cm³/mol. The third kappa shape index (κ3) is 4.57. The summed E-state index contributed by atoms with van der Waals surface area (Å²) >= 11 is 0. The predicted octanol–water partition coefficient (Wildman–Crippen LogP) is 4.76. The van der Waals surface area contributed by atoms with Crippen molar-refractivity contribution >= 4 is 11.6 Å². The van der Waals surface area contributed by atoms with E-state index < -0.39 is 11.7 Å². The first-order chi connectivity index (χ1) is 14.7. The van der Waals surface area contributed by atoms with Gasteiger partial charge in [0.2, 0.25) is 0 Å². The molecule has 0 aliphatic heterocycles. The Labute approximate surface area is 178 Å². The maximum atomic E-state index is 13.1. The number of halogens is 3. The van der Waals surface area contributed by atoms with Gasteiger partial charge in [-0.2, -0.15) is 18.3 Å². The van der Waals surface area contributed by atoms with Crippen molar-refractivity contribution < 1.29 is 18.0 Å². The highest BCUT2D eigenvalue weighted by Gasteiger charge is 2.34. The first kappa shape index (κ1) is 21.0. The molecule has 162 valence electrons. The van der Waals surface area contributed by atoms with Gasteiger partial charge in [-0.3, -0.25) is 4.79 Å². The van der Waals surface area contributed by atoms with E-state index in [-0.39, 0.29) is 11.8 Å². The number of hydrogen-bond donors (Lipinski definition) is 1. The van der Waals surface area contributed by atoms with E-state index in [0.29, 0.717) is 23.5 Å². The van der Waals surface area contributed by atoms with Gasteiger partial charge in [0.05, 0.1) is 28.7 Å². The second-order valence-corrected chi connectivity index (χ2v) is 7.92. The molecule has 1 fully saturated rings. The van der Waals surface area contributed by atoms with Gasteiger partial charge in [-0.25, -0.2) is 4.68 Å². The molecule has 1 saturated carbocycles. The third-order valence-electron chi connectivity index (χ3n) is 5.31. The van der Waals surface area contributed by atoms with Crippen LogP contribution in [0.5, 0.6) is 0 Å². The first-order valence-electron chi connectivity index (χ1n) is 10.0. The summed E-state index contributed by atoms with van der Waals surface area (Å²) < 4.78 is 40.9. The van der Waals surface area contributed by atoms with Crippen LogP contribution in [0.1, 0.15) is 45.9 Å². The minimum atomic E-state index is -4.44. The molecule has 0 radical (unpaired) electrons. The normalized spacial score (nSPS) is 13.8. The standard InChI is InChI=1S/C23H23F3N4O/c1-29(2)18-7-3-5-15(11-18)13-27-22(31)20-14-28-30(21(20)16-9-10-16)19-8-4-6-17(12-19)23(24,25)26/h3-8,11-12,14,16H,9-10,13H2,1-2H3,(H,27,31). The van der Waals surface area contributed by atoms with Crippen LogP contribution in [0.4, 0.5) is 18.9 Å². The molecule has 4 rings (SSSR count). The number of benzene rings is 2. The second kappa shape index (κ2) is 8.09. The molecule has 1 amide bonds. The number of alkyl halides is 3. The summed E-state index contributed by atoms with van der Waals surface area (Å²) in [5, 5.41) is 7.18. The quantitative estimate of drug-likeness (QED) is 0.616. The van der Waals surface area contributed by atoms with Crippen molar-refractivity contribution in [2.45, 2.75) is 31.5 Å². The molecule has 2 aromatic carbocycles. The molecular formula is C23H23F3N4O. The highest BCUT2D eigenvalue weighted by atomic mass is 19.4. The summed E-state index contributed by atoms with van der Waals surface area (Å²) in [6, 6.07) is 12.9. The zero-order valence-electron chi connectivity index (χ0n) is 17.3. The molecule has 31 heavy (non-hydrogen) atoms. The van der Waals surface area contributed by atoms with E-state index in [4.69, 9.17) is 0 Å². The number of nitrogens with one attached hydrogen (secondary N) is 1. The largest absolute Gasteiger partial charge is 0.416 e. The highest BCUT2D eigenvalue weighted by molar-refractivity contribution is 5.95. The van der Waals surface area contributed by atoms with Gasteiger partial charge in [0.1, 0.15) is 0 Å². The van der Waals surface area contributed by atoms with Crippen molar-refractivity contribution in [3.63, 3.8) is 0 Å². The summed E-state index contributed by atoms with van der Waals surface area (Å²) in [4.78, 5) is 14.9. The fraction of sp³-hybridized carbons (Fsp3) is 0.304. The van der Waals surface area contributed by atoms with Crippen LogP contribution in [0.25, 0.3) is 5.69 Å². The molecule has 0 saturated heterocycles. The second-order valence-electron chi connectivity index (χ2n) is 7.92. The Bertz CT molecular complexity index is 1100. The number of carbonyl (C=O) groups excluding carboxylic acids is 1. The topological polar surface area (TPSA) is 50.2 Å². The van der Waals surface area contributed by atoms with E-state index in [0.717, 1.165) is 36.2 Å². The van der Waals surface area contributed by atoms with Gasteiger partial charge >= 0.3 is 6.18 Å². The van der Waals surface area contributed by atoms with Crippen molar-refractivity contribution in [2.75, 3.05) is 19.0 Å². The summed E-state index contributed by atoms with van der Waals surface area (Å²) in [7, 11) is 3.89. The van der Waals surface area contributed by atoms with E-state index in [2.05, 4.69) is 10.4 Å². The van der Waals surface area contributed by atoms with Crippen LogP contribution in [0.3, 0.4) is 0 Å². The fourth-order valence-corrected chi connectivity index (χ4v) is 3.52. The Balaban J connectivity index is 1.58. The molecule has 1 aliphatic rings. The van der Waals surface area contributed by atoms with Crippen LogP contribution < -0.4 is 10.2 Å². The number of nitrogens with zero attached hydrogens (tertiary/aromatic N) is 3. The molecule has 5 nitrogen and oxygen atoms in total. The van der Waals surface area contributed by atoms with E-state index in [9.17, 15) is 18.0 Å². The third-order valence-corrected chi connectivity index (χ3v) is 5.31. The van der Waals surface area contributed by atoms with Crippen LogP contribution in [0, 0.1) is 0 Å². The molecule has 0 atom stereocenters. The minimum Gasteiger partial charge on any atom is -0.378 e. The van der Waals surface area contributed by atoms with Crippen molar-refractivity contribution in [3.8, 4) is 5.69 Å². The first-order valence-corrected chi connectivity index (χ1v) is 10.0. The average molecular weight is 428 g/mol. The molecule has 3 aromatic rings. The summed E-state index contributed by atoms with van der Waals surface area (Å²) in [5.74, 6) is -0.162. The van der Waals surface area contributed by atoms with Crippen LogP contribution in [-0.2, 0) is 12.7 Å². The van der Waals surface area contributed by atoms with Crippen molar-refractivity contribution in [2.24, 2.45) is 0 Å². The van der Waals surface area contributed by atoms with E-state index in [1.165, 1.54) is 16.9 Å². The molecule has 0 bridgehead atoms. The lowest BCUT2D eigenvalue weighted by molar-refractivity contribution is -0.137. The van der Waals surface area contributed by atoms with E-state index in [1.54, 1.807) is 6.07 Å². The van der Waals surface area contributed by atoms with Crippen LogP contribution in [0.15, 0.2) is 54.7 Å². The highest BCUT2D eigenvalue weighted by Crippen LogP contribution is 2.42.